The molecule has 1 rings (SSSR count). The van der Waals surface area contributed by atoms with Crippen molar-refractivity contribution >= 4 is 0 Å². The molecule has 0 aromatic heterocycles. The van der Waals surface area contributed by atoms with E-state index in [0.717, 1.165) is 0 Å². The van der Waals surface area contributed by atoms with Gasteiger partial charge < -0.3 is 9.84 Å². The van der Waals surface area contributed by atoms with Gasteiger partial charge in [-0.1, -0.05) is 19.3 Å². The Labute approximate surface area is 68.6 Å². The topological polar surface area (TPSA) is 29.5 Å². The van der Waals surface area contributed by atoms with Crippen molar-refractivity contribution in [3.8, 4) is 0 Å². The predicted molar refractivity (Wildman–Crippen MR) is 44.5 cm³/mol. The Kier molecular flexibility index (Phi) is 3.87. The lowest BCUT2D eigenvalue weighted by Gasteiger charge is -2.25. The van der Waals surface area contributed by atoms with Crippen LogP contribution in [0.5, 0.6) is 0 Å². The Bertz CT molecular complexity index is 97.7. The van der Waals surface area contributed by atoms with Gasteiger partial charge in [-0.15, -0.1) is 0 Å². The Morgan fingerprint density at radius 3 is 2.55 bits per heavy atom. The fourth-order valence-electron chi connectivity index (χ4n) is 1.83. The average molecular weight is 158 g/mol. The molecule has 0 spiro atoms. The third-order valence-electron chi connectivity index (χ3n) is 2.53. The van der Waals surface area contributed by atoms with Crippen molar-refractivity contribution in [3.63, 3.8) is 0 Å². The first-order chi connectivity index (χ1) is 5.34. The van der Waals surface area contributed by atoms with Crippen LogP contribution in [-0.4, -0.2) is 24.9 Å². The van der Waals surface area contributed by atoms with Gasteiger partial charge in [0.05, 0.1) is 12.7 Å². The lowest BCUT2D eigenvalue weighted by molar-refractivity contribution is 0.0135. The second-order valence-electron chi connectivity index (χ2n) is 3.42. The molecule has 1 aliphatic carbocycles. The Morgan fingerprint density at radius 1 is 1.36 bits per heavy atom. The predicted octanol–water partition coefficient (Wildman–Crippen LogP) is 1.57. The SMILES string of the molecule is COCC(O)C1CCCCC1. The third-order valence-corrected chi connectivity index (χ3v) is 2.53. The Hall–Kier alpha value is -0.0800. The van der Waals surface area contributed by atoms with Crippen LogP contribution in [0.15, 0.2) is 0 Å². The molecule has 0 amide bonds. The Morgan fingerprint density at radius 2 is 2.00 bits per heavy atom. The third kappa shape index (κ3) is 2.80. The zero-order chi connectivity index (χ0) is 8.10. The molecular weight excluding hydrogens is 140 g/mol. The summed E-state index contributed by atoms with van der Waals surface area (Å²) in [6.45, 7) is 0.505. The van der Waals surface area contributed by atoms with Gasteiger partial charge in [0, 0.05) is 7.11 Å². The minimum absolute atomic E-state index is 0.222. The highest BCUT2D eigenvalue weighted by molar-refractivity contribution is 4.72. The molecule has 2 nitrogen and oxygen atoms in total. The van der Waals surface area contributed by atoms with Crippen LogP contribution in [0.25, 0.3) is 0 Å². The van der Waals surface area contributed by atoms with Gasteiger partial charge in [0.25, 0.3) is 0 Å². The van der Waals surface area contributed by atoms with Gasteiger partial charge in [0.1, 0.15) is 0 Å². The van der Waals surface area contributed by atoms with Crippen LogP contribution in [0, 0.1) is 5.92 Å². The molecule has 0 heterocycles. The molecular formula is C9H18O2. The van der Waals surface area contributed by atoms with Gasteiger partial charge in [0.15, 0.2) is 0 Å². The summed E-state index contributed by atoms with van der Waals surface area (Å²) in [4.78, 5) is 0. The van der Waals surface area contributed by atoms with Gasteiger partial charge in [-0.2, -0.15) is 0 Å². The van der Waals surface area contributed by atoms with E-state index in [2.05, 4.69) is 0 Å². The number of aliphatic hydroxyl groups excluding tert-OH is 1. The lowest BCUT2D eigenvalue weighted by Crippen LogP contribution is -2.26. The highest BCUT2D eigenvalue weighted by atomic mass is 16.5. The molecule has 1 atom stereocenters. The molecule has 0 bridgehead atoms. The molecule has 2 heteroatoms. The monoisotopic (exact) mass is 158 g/mol. The summed E-state index contributed by atoms with van der Waals surface area (Å²) in [5.41, 5.74) is 0. The van der Waals surface area contributed by atoms with Crippen molar-refractivity contribution in [2.75, 3.05) is 13.7 Å². The van der Waals surface area contributed by atoms with Crippen molar-refractivity contribution in [3.05, 3.63) is 0 Å². The summed E-state index contributed by atoms with van der Waals surface area (Å²) >= 11 is 0. The first-order valence-electron chi connectivity index (χ1n) is 4.51. The van der Waals surface area contributed by atoms with Gasteiger partial charge in [-0.3, -0.25) is 0 Å². The fourth-order valence-corrected chi connectivity index (χ4v) is 1.83. The summed E-state index contributed by atoms with van der Waals surface area (Å²) in [6, 6.07) is 0. The average Bonchev–Trinajstić information content (AvgIpc) is 2.07. The number of hydrogen-bond donors (Lipinski definition) is 1. The summed E-state index contributed by atoms with van der Waals surface area (Å²) in [6.07, 6.45) is 6.06. The zero-order valence-corrected chi connectivity index (χ0v) is 7.25. The van der Waals surface area contributed by atoms with Crippen LogP contribution in [0.3, 0.4) is 0 Å². The molecule has 0 aromatic rings. The quantitative estimate of drug-likeness (QED) is 0.675. The smallest absolute Gasteiger partial charge is 0.0801 e. The van der Waals surface area contributed by atoms with E-state index >= 15 is 0 Å². The molecule has 0 saturated heterocycles. The fraction of sp³-hybridized carbons (Fsp3) is 1.00. The first kappa shape index (κ1) is 9.01. The molecule has 1 fully saturated rings. The molecule has 1 saturated carbocycles. The highest BCUT2D eigenvalue weighted by Crippen LogP contribution is 2.26. The van der Waals surface area contributed by atoms with Gasteiger partial charge in [0.2, 0.25) is 0 Å². The lowest BCUT2D eigenvalue weighted by atomic mass is 9.85. The normalized spacial score (nSPS) is 23.5. The van der Waals surface area contributed by atoms with Crippen LogP contribution >= 0.6 is 0 Å². The number of methoxy groups -OCH3 is 1. The molecule has 1 aliphatic rings. The van der Waals surface area contributed by atoms with E-state index < -0.39 is 0 Å². The van der Waals surface area contributed by atoms with E-state index in [0.29, 0.717) is 12.5 Å². The van der Waals surface area contributed by atoms with Crippen molar-refractivity contribution in [1.29, 1.82) is 0 Å². The number of aliphatic hydroxyl groups is 1. The van der Waals surface area contributed by atoms with Crippen LogP contribution < -0.4 is 0 Å². The van der Waals surface area contributed by atoms with Gasteiger partial charge in [-0.05, 0) is 18.8 Å². The molecule has 11 heavy (non-hydrogen) atoms. The van der Waals surface area contributed by atoms with E-state index in [1.165, 1.54) is 32.1 Å². The van der Waals surface area contributed by atoms with Gasteiger partial charge in [-0.25, -0.2) is 0 Å². The standard InChI is InChI=1S/C9H18O2/c1-11-7-9(10)8-5-3-2-4-6-8/h8-10H,2-7H2,1H3. The van der Waals surface area contributed by atoms with Crippen molar-refractivity contribution in [2.45, 2.75) is 38.2 Å². The first-order valence-corrected chi connectivity index (χ1v) is 4.51. The van der Waals surface area contributed by atoms with E-state index in [9.17, 15) is 5.11 Å². The number of rotatable bonds is 3. The number of ether oxygens (including phenoxy) is 1. The maximum Gasteiger partial charge on any atom is 0.0801 e. The largest absolute Gasteiger partial charge is 0.390 e. The molecule has 66 valence electrons. The van der Waals surface area contributed by atoms with Crippen molar-refractivity contribution < 1.29 is 9.84 Å². The van der Waals surface area contributed by atoms with E-state index in [1.807, 2.05) is 0 Å². The van der Waals surface area contributed by atoms with Crippen LogP contribution in [0.4, 0.5) is 0 Å². The summed E-state index contributed by atoms with van der Waals surface area (Å²) in [7, 11) is 1.64. The van der Waals surface area contributed by atoms with Crippen molar-refractivity contribution in [1.82, 2.24) is 0 Å². The summed E-state index contributed by atoms with van der Waals surface area (Å²) in [5.74, 6) is 0.503. The van der Waals surface area contributed by atoms with E-state index in [1.54, 1.807) is 7.11 Å². The minimum atomic E-state index is -0.222. The molecule has 0 radical (unpaired) electrons. The van der Waals surface area contributed by atoms with E-state index in [-0.39, 0.29) is 6.10 Å². The van der Waals surface area contributed by atoms with Gasteiger partial charge >= 0.3 is 0 Å². The second kappa shape index (κ2) is 4.73. The number of hydrogen-bond acceptors (Lipinski definition) is 2. The molecule has 1 unspecified atom stereocenters. The highest BCUT2D eigenvalue weighted by Gasteiger charge is 2.20. The van der Waals surface area contributed by atoms with Crippen LogP contribution in [0.2, 0.25) is 0 Å². The van der Waals surface area contributed by atoms with E-state index in [4.69, 9.17) is 4.74 Å². The molecule has 0 aromatic carbocycles. The van der Waals surface area contributed by atoms with Crippen LogP contribution in [-0.2, 0) is 4.74 Å². The maximum absolute atomic E-state index is 9.55. The summed E-state index contributed by atoms with van der Waals surface area (Å²) < 4.78 is 4.91. The Balaban J connectivity index is 2.21. The van der Waals surface area contributed by atoms with Crippen LogP contribution in [0.1, 0.15) is 32.1 Å². The zero-order valence-electron chi connectivity index (χ0n) is 7.25. The maximum atomic E-state index is 9.55. The molecule has 0 aliphatic heterocycles. The second-order valence-corrected chi connectivity index (χ2v) is 3.42. The van der Waals surface area contributed by atoms with Crippen molar-refractivity contribution in [2.24, 2.45) is 5.92 Å². The molecule has 1 N–H and O–H groups in total. The summed E-state index contributed by atoms with van der Waals surface area (Å²) in [5, 5.41) is 9.55. The minimum Gasteiger partial charge on any atom is -0.390 e.